The third kappa shape index (κ3) is 2.95. The molecule has 2 aliphatic heterocycles. The summed E-state index contributed by atoms with van der Waals surface area (Å²) in [5.74, 6) is 0.954. The number of carbonyl (C=O) groups excluding carboxylic acids is 1. The van der Waals surface area contributed by atoms with Gasteiger partial charge in [0.1, 0.15) is 5.76 Å². The Labute approximate surface area is 131 Å². The lowest BCUT2D eigenvalue weighted by molar-refractivity contribution is -0.0523. The van der Waals surface area contributed by atoms with Crippen LogP contribution in [0.1, 0.15) is 62.2 Å². The van der Waals surface area contributed by atoms with Gasteiger partial charge in [-0.05, 0) is 26.2 Å². The largest absolute Gasteiger partial charge is 0.370 e. The number of hydrogen-bond donors (Lipinski definition) is 0. The fourth-order valence-corrected chi connectivity index (χ4v) is 3.18. The Morgan fingerprint density at radius 1 is 1.36 bits per heavy atom. The normalized spacial score (nSPS) is 21.3. The van der Waals surface area contributed by atoms with Crippen molar-refractivity contribution in [3.05, 3.63) is 29.2 Å². The molecule has 3 heterocycles. The second-order valence-corrected chi connectivity index (χ2v) is 6.72. The van der Waals surface area contributed by atoms with Crippen molar-refractivity contribution in [2.75, 3.05) is 19.7 Å². The summed E-state index contributed by atoms with van der Waals surface area (Å²) in [4.78, 5) is 14.4. The van der Waals surface area contributed by atoms with E-state index in [2.05, 4.69) is 18.2 Å². The van der Waals surface area contributed by atoms with Crippen LogP contribution < -0.4 is 0 Å². The minimum absolute atomic E-state index is 0.0398. The van der Waals surface area contributed by atoms with E-state index in [0.717, 1.165) is 31.6 Å². The molecule has 0 aromatic carbocycles. The van der Waals surface area contributed by atoms with Gasteiger partial charge in [0.25, 0.3) is 5.91 Å². The van der Waals surface area contributed by atoms with Gasteiger partial charge in [0.05, 0.1) is 12.2 Å². The van der Waals surface area contributed by atoms with Gasteiger partial charge in [-0.2, -0.15) is 0 Å². The highest BCUT2D eigenvalue weighted by Crippen LogP contribution is 2.33. The molecule has 1 spiro atoms. The maximum atomic E-state index is 12.5. The summed E-state index contributed by atoms with van der Waals surface area (Å²) in [5, 5.41) is 3.92. The molecule has 1 aromatic rings. The molecular weight excluding hydrogens is 280 g/mol. The van der Waals surface area contributed by atoms with Gasteiger partial charge in [-0.3, -0.25) is 4.79 Å². The van der Waals surface area contributed by atoms with Crippen LogP contribution in [-0.2, 0) is 4.74 Å². The number of ether oxygens (including phenoxy) is 1. The number of aromatic nitrogens is 1. The summed E-state index contributed by atoms with van der Waals surface area (Å²) in [7, 11) is 0. The van der Waals surface area contributed by atoms with Crippen molar-refractivity contribution in [2.45, 2.75) is 51.6 Å². The van der Waals surface area contributed by atoms with E-state index in [4.69, 9.17) is 9.26 Å². The van der Waals surface area contributed by atoms with Gasteiger partial charge >= 0.3 is 0 Å². The molecular formula is C17H24N2O3. The predicted octanol–water partition coefficient (Wildman–Crippen LogP) is 3.14. The summed E-state index contributed by atoms with van der Waals surface area (Å²) < 4.78 is 11.2. The van der Waals surface area contributed by atoms with E-state index in [1.807, 2.05) is 18.7 Å². The molecule has 0 bridgehead atoms. The highest BCUT2D eigenvalue weighted by molar-refractivity contribution is 5.92. The maximum Gasteiger partial charge on any atom is 0.276 e. The maximum absolute atomic E-state index is 12.5. The first-order valence-corrected chi connectivity index (χ1v) is 8.07. The first-order valence-electron chi connectivity index (χ1n) is 8.07. The zero-order valence-corrected chi connectivity index (χ0v) is 13.6. The third-order valence-electron chi connectivity index (χ3n) is 4.61. The molecule has 0 N–H and O–H groups in total. The van der Waals surface area contributed by atoms with Crippen LogP contribution in [0.15, 0.2) is 22.2 Å². The zero-order chi connectivity index (χ0) is 15.7. The lowest BCUT2D eigenvalue weighted by Crippen LogP contribution is -2.48. The van der Waals surface area contributed by atoms with Crippen molar-refractivity contribution >= 4 is 5.91 Å². The van der Waals surface area contributed by atoms with E-state index in [0.29, 0.717) is 18.8 Å². The quantitative estimate of drug-likeness (QED) is 0.788. The topological polar surface area (TPSA) is 55.6 Å². The van der Waals surface area contributed by atoms with Crippen LogP contribution in [0.25, 0.3) is 0 Å². The van der Waals surface area contributed by atoms with Crippen LogP contribution in [0, 0.1) is 0 Å². The smallest absolute Gasteiger partial charge is 0.276 e. The number of rotatable bonds is 2. The second kappa shape index (κ2) is 5.88. The summed E-state index contributed by atoms with van der Waals surface area (Å²) in [6, 6.07) is 1.76. The average molecular weight is 304 g/mol. The van der Waals surface area contributed by atoms with Crippen molar-refractivity contribution in [2.24, 2.45) is 0 Å². The van der Waals surface area contributed by atoms with Gasteiger partial charge in [-0.15, -0.1) is 0 Å². The van der Waals surface area contributed by atoms with Gasteiger partial charge in [-0.25, -0.2) is 0 Å². The Balaban J connectivity index is 1.65. The van der Waals surface area contributed by atoms with Crippen LogP contribution in [0.5, 0.6) is 0 Å². The Kier molecular flexibility index (Phi) is 4.08. The molecule has 0 aliphatic carbocycles. The molecule has 0 unspecified atom stereocenters. The molecule has 1 fully saturated rings. The molecule has 1 saturated heterocycles. The van der Waals surface area contributed by atoms with Gasteiger partial charge < -0.3 is 14.2 Å². The SMILES string of the molecule is CC1=CC2(CCN(C(=O)c3cc(C(C)C)on3)CC2)OCC1. The number of likely N-dealkylation sites (tertiary alicyclic amines) is 1. The monoisotopic (exact) mass is 304 g/mol. The molecule has 1 aromatic heterocycles. The molecule has 1 amide bonds. The molecule has 0 radical (unpaired) electrons. The zero-order valence-electron chi connectivity index (χ0n) is 13.6. The second-order valence-electron chi connectivity index (χ2n) is 6.72. The Morgan fingerprint density at radius 3 is 2.68 bits per heavy atom. The van der Waals surface area contributed by atoms with E-state index < -0.39 is 0 Å². The van der Waals surface area contributed by atoms with Crippen LogP contribution in [0.3, 0.4) is 0 Å². The summed E-state index contributed by atoms with van der Waals surface area (Å²) in [6.07, 6.45) is 4.97. The molecule has 2 aliphatic rings. The Bertz CT molecular complexity index is 580. The van der Waals surface area contributed by atoms with Crippen LogP contribution in [0.2, 0.25) is 0 Å². The van der Waals surface area contributed by atoms with Crippen LogP contribution in [-0.4, -0.2) is 41.3 Å². The Hall–Kier alpha value is -1.62. The predicted molar refractivity (Wildman–Crippen MR) is 82.8 cm³/mol. The van der Waals surface area contributed by atoms with Gasteiger partial charge in [0, 0.05) is 25.1 Å². The fourth-order valence-electron chi connectivity index (χ4n) is 3.18. The molecule has 22 heavy (non-hydrogen) atoms. The van der Waals surface area contributed by atoms with E-state index in [1.54, 1.807) is 6.07 Å². The summed E-state index contributed by atoms with van der Waals surface area (Å²) >= 11 is 0. The van der Waals surface area contributed by atoms with Crippen molar-refractivity contribution in [3.8, 4) is 0 Å². The molecule has 120 valence electrons. The van der Waals surface area contributed by atoms with Gasteiger partial charge in [-0.1, -0.05) is 30.7 Å². The molecule has 5 heteroatoms. The Morgan fingerprint density at radius 2 is 2.09 bits per heavy atom. The number of hydrogen-bond acceptors (Lipinski definition) is 4. The van der Waals surface area contributed by atoms with Crippen LogP contribution in [0.4, 0.5) is 0 Å². The van der Waals surface area contributed by atoms with E-state index >= 15 is 0 Å². The summed E-state index contributed by atoms with van der Waals surface area (Å²) in [6.45, 7) is 8.39. The fraction of sp³-hybridized carbons (Fsp3) is 0.647. The van der Waals surface area contributed by atoms with Crippen molar-refractivity contribution in [1.29, 1.82) is 0 Å². The van der Waals surface area contributed by atoms with E-state index in [9.17, 15) is 4.79 Å². The minimum atomic E-state index is -0.161. The van der Waals surface area contributed by atoms with Crippen molar-refractivity contribution in [1.82, 2.24) is 10.1 Å². The standard InChI is InChI=1S/C17H24N2O3/c1-12(2)15-10-14(18-22-15)16(20)19-7-5-17(6-8-19)11-13(3)4-9-21-17/h10-12H,4-9H2,1-3H3. The first-order chi connectivity index (χ1) is 10.5. The highest BCUT2D eigenvalue weighted by atomic mass is 16.5. The van der Waals surface area contributed by atoms with E-state index in [1.165, 1.54) is 5.57 Å². The lowest BCUT2D eigenvalue weighted by atomic mass is 9.87. The minimum Gasteiger partial charge on any atom is -0.370 e. The first kappa shape index (κ1) is 15.3. The summed E-state index contributed by atoms with van der Waals surface area (Å²) in [5.41, 5.74) is 1.64. The molecule has 0 saturated carbocycles. The van der Waals surface area contributed by atoms with E-state index in [-0.39, 0.29) is 17.4 Å². The molecule has 0 atom stereocenters. The van der Waals surface area contributed by atoms with Crippen LogP contribution >= 0.6 is 0 Å². The number of carbonyl (C=O) groups is 1. The average Bonchev–Trinajstić information content (AvgIpc) is 2.97. The lowest BCUT2D eigenvalue weighted by Gasteiger charge is -2.41. The number of piperidine rings is 1. The highest BCUT2D eigenvalue weighted by Gasteiger charge is 2.37. The third-order valence-corrected chi connectivity index (χ3v) is 4.61. The molecule has 5 nitrogen and oxygen atoms in total. The van der Waals surface area contributed by atoms with Crippen molar-refractivity contribution < 1.29 is 14.1 Å². The molecule has 3 rings (SSSR count). The number of nitrogens with zero attached hydrogens (tertiary/aromatic N) is 2. The van der Waals surface area contributed by atoms with Gasteiger partial charge in [0.2, 0.25) is 0 Å². The van der Waals surface area contributed by atoms with Crippen molar-refractivity contribution in [3.63, 3.8) is 0 Å². The van der Waals surface area contributed by atoms with Gasteiger partial charge in [0.15, 0.2) is 5.69 Å². The number of amides is 1.